The molecule has 0 fully saturated rings. The van der Waals surface area contributed by atoms with Crippen molar-refractivity contribution in [2.75, 3.05) is 12.9 Å². The van der Waals surface area contributed by atoms with Crippen LogP contribution in [0.25, 0.3) is 0 Å². The third kappa shape index (κ3) is 5.94. The van der Waals surface area contributed by atoms with Gasteiger partial charge in [-0.2, -0.15) is 11.8 Å². The lowest BCUT2D eigenvalue weighted by Crippen LogP contribution is -2.12. The highest BCUT2D eigenvalue weighted by Crippen LogP contribution is 2.21. The van der Waals surface area contributed by atoms with Gasteiger partial charge in [-0.1, -0.05) is 11.6 Å². The van der Waals surface area contributed by atoms with Crippen molar-refractivity contribution in [1.82, 2.24) is 4.98 Å². The van der Waals surface area contributed by atoms with E-state index in [1.165, 1.54) is 0 Å². The van der Waals surface area contributed by atoms with Crippen LogP contribution in [0.15, 0.2) is 12.1 Å². The second-order valence-electron chi connectivity index (χ2n) is 4.22. The van der Waals surface area contributed by atoms with Crippen molar-refractivity contribution in [2.24, 2.45) is 0 Å². The lowest BCUT2D eigenvalue weighted by Gasteiger charge is -2.14. The van der Waals surface area contributed by atoms with Crippen LogP contribution in [0.1, 0.15) is 31.7 Å². The van der Waals surface area contributed by atoms with Crippen LogP contribution in [0, 0.1) is 0 Å². The Morgan fingerprint density at radius 3 is 2.89 bits per heavy atom. The van der Waals surface area contributed by atoms with Crippen LogP contribution in [0.2, 0.25) is 5.15 Å². The summed E-state index contributed by atoms with van der Waals surface area (Å²) < 4.78 is 5.74. The molecule has 1 heterocycles. The molecule has 0 saturated heterocycles. The highest BCUT2D eigenvalue weighted by atomic mass is 35.5. The molecule has 0 spiro atoms. The first-order valence-corrected chi connectivity index (χ1v) is 7.85. The minimum absolute atomic E-state index is 0.0876. The molecule has 18 heavy (non-hydrogen) atoms. The summed E-state index contributed by atoms with van der Waals surface area (Å²) in [5, 5.41) is 9.20. The lowest BCUT2D eigenvalue weighted by molar-refractivity contribution is 0.192. The Labute approximate surface area is 118 Å². The Morgan fingerprint density at radius 2 is 2.22 bits per heavy atom. The van der Waals surface area contributed by atoms with Crippen molar-refractivity contribution in [3.63, 3.8) is 0 Å². The maximum atomic E-state index is 8.73. The third-order valence-corrected chi connectivity index (χ3v) is 3.30. The van der Waals surface area contributed by atoms with E-state index >= 15 is 0 Å². The summed E-state index contributed by atoms with van der Waals surface area (Å²) in [6.07, 6.45) is 4.81. The van der Waals surface area contributed by atoms with Crippen molar-refractivity contribution in [3.05, 3.63) is 22.8 Å². The molecule has 0 unspecified atom stereocenters. The quantitative estimate of drug-likeness (QED) is 0.587. The maximum Gasteiger partial charge on any atom is 0.215 e. The molecule has 1 rings (SSSR count). The molecule has 0 bridgehead atoms. The second-order valence-corrected chi connectivity index (χ2v) is 5.47. The fourth-order valence-electron chi connectivity index (χ4n) is 1.64. The van der Waals surface area contributed by atoms with Gasteiger partial charge < -0.3 is 9.84 Å². The number of unbranched alkanes of at least 4 members (excludes halogenated alkanes) is 1. The minimum atomic E-state index is 0.0876. The van der Waals surface area contributed by atoms with Gasteiger partial charge in [-0.3, -0.25) is 0 Å². The molecule has 0 saturated carbocycles. The number of nitrogens with zero attached hydrogens (tertiary/aromatic N) is 1. The van der Waals surface area contributed by atoms with E-state index in [2.05, 4.69) is 4.98 Å². The van der Waals surface area contributed by atoms with E-state index in [4.69, 9.17) is 21.4 Å². The number of hydrogen-bond acceptors (Lipinski definition) is 4. The van der Waals surface area contributed by atoms with Crippen molar-refractivity contribution in [1.29, 1.82) is 0 Å². The van der Waals surface area contributed by atoms with Crippen LogP contribution in [-0.4, -0.2) is 29.1 Å². The van der Waals surface area contributed by atoms with Crippen LogP contribution in [0.3, 0.4) is 0 Å². The van der Waals surface area contributed by atoms with Crippen molar-refractivity contribution in [3.8, 4) is 5.88 Å². The summed E-state index contributed by atoms with van der Waals surface area (Å²) in [5.74, 6) is 1.49. The van der Waals surface area contributed by atoms with Crippen molar-refractivity contribution < 1.29 is 9.84 Å². The van der Waals surface area contributed by atoms with Crippen LogP contribution in [-0.2, 0) is 5.75 Å². The number of thioether (sulfide) groups is 1. The molecule has 0 aromatic carbocycles. The highest BCUT2D eigenvalue weighted by molar-refractivity contribution is 7.97. The number of hydrogen-bond donors (Lipinski definition) is 1. The Bertz CT molecular complexity index is 363. The average molecular weight is 290 g/mol. The zero-order valence-electron chi connectivity index (χ0n) is 10.9. The zero-order chi connectivity index (χ0) is 13.4. The fraction of sp³-hybridized carbons (Fsp3) is 0.615. The summed E-state index contributed by atoms with van der Waals surface area (Å²) in [7, 11) is 0. The molecule has 0 radical (unpaired) electrons. The number of halogens is 1. The summed E-state index contributed by atoms with van der Waals surface area (Å²) in [6.45, 7) is 2.24. The van der Waals surface area contributed by atoms with Crippen LogP contribution in [0.5, 0.6) is 5.88 Å². The Hall–Kier alpha value is -0.450. The molecular formula is C13H20ClNO2S. The van der Waals surface area contributed by atoms with Gasteiger partial charge in [0.25, 0.3) is 0 Å². The van der Waals surface area contributed by atoms with Gasteiger partial charge in [0.2, 0.25) is 5.88 Å². The van der Waals surface area contributed by atoms with Gasteiger partial charge in [-0.25, -0.2) is 4.98 Å². The third-order valence-electron chi connectivity index (χ3n) is 2.48. The topological polar surface area (TPSA) is 42.4 Å². The molecular weight excluding hydrogens is 270 g/mol. The van der Waals surface area contributed by atoms with Gasteiger partial charge in [0.15, 0.2) is 0 Å². The van der Waals surface area contributed by atoms with E-state index in [1.807, 2.05) is 25.3 Å². The van der Waals surface area contributed by atoms with E-state index in [9.17, 15) is 0 Å². The smallest absolute Gasteiger partial charge is 0.215 e. The number of rotatable bonds is 8. The first-order chi connectivity index (χ1) is 8.65. The molecule has 1 aromatic rings. The Kier molecular flexibility index (Phi) is 7.47. The molecule has 1 atom stereocenters. The van der Waals surface area contributed by atoms with E-state index in [-0.39, 0.29) is 12.7 Å². The lowest BCUT2D eigenvalue weighted by atomic mass is 10.2. The van der Waals surface area contributed by atoms with Gasteiger partial charge >= 0.3 is 0 Å². The van der Waals surface area contributed by atoms with Crippen LogP contribution >= 0.6 is 23.4 Å². The highest BCUT2D eigenvalue weighted by Gasteiger charge is 2.07. The van der Waals surface area contributed by atoms with E-state index in [0.717, 1.165) is 30.6 Å². The van der Waals surface area contributed by atoms with E-state index in [0.29, 0.717) is 11.0 Å². The molecule has 0 amide bonds. The number of aliphatic hydroxyl groups is 1. The summed E-state index contributed by atoms with van der Waals surface area (Å²) >= 11 is 7.70. The maximum absolute atomic E-state index is 8.73. The van der Waals surface area contributed by atoms with Crippen LogP contribution < -0.4 is 4.74 Å². The molecule has 1 N–H and O–H groups in total. The summed E-state index contributed by atoms with van der Waals surface area (Å²) in [6, 6.07) is 3.80. The molecule has 0 aliphatic heterocycles. The first-order valence-electron chi connectivity index (χ1n) is 6.08. The van der Waals surface area contributed by atoms with E-state index < -0.39 is 0 Å². The average Bonchev–Trinajstić information content (AvgIpc) is 2.28. The van der Waals surface area contributed by atoms with Gasteiger partial charge in [0.05, 0.1) is 6.10 Å². The van der Waals surface area contributed by atoms with Gasteiger partial charge in [-0.15, -0.1) is 0 Å². The summed E-state index contributed by atoms with van der Waals surface area (Å²) in [5.41, 5.74) is 1.13. The fourth-order valence-corrected chi connectivity index (χ4v) is 2.37. The van der Waals surface area contributed by atoms with Crippen molar-refractivity contribution >= 4 is 23.4 Å². The number of pyridine rings is 1. The second kappa shape index (κ2) is 8.62. The standard InChI is InChI=1S/C13H20ClNO2S/c1-10(5-3-4-6-16)17-13-8-11(9-18-2)7-12(14)15-13/h7-8,10,16H,3-6,9H2,1-2H3/t10-/m0/s1. The predicted octanol–water partition coefficient (Wildman–Crippen LogP) is 3.53. The Balaban J connectivity index is 2.54. The number of aromatic nitrogens is 1. The van der Waals surface area contributed by atoms with Gasteiger partial charge in [0, 0.05) is 18.4 Å². The van der Waals surface area contributed by atoms with Crippen LogP contribution in [0.4, 0.5) is 0 Å². The van der Waals surface area contributed by atoms with Crippen molar-refractivity contribution in [2.45, 2.75) is 38.0 Å². The van der Waals surface area contributed by atoms with Gasteiger partial charge in [-0.05, 0) is 44.1 Å². The summed E-state index contributed by atoms with van der Waals surface area (Å²) in [4.78, 5) is 4.17. The minimum Gasteiger partial charge on any atom is -0.475 e. The largest absolute Gasteiger partial charge is 0.475 e. The SMILES string of the molecule is CSCc1cc(Cl)nc(O[C@@H](C)CCCCO)c1. The monoisotopic (exact) mass is 289 g/mol. The molecule has 0 aliphatic rings. The number of ether oxygens (including phenoxy) is 1. The zero-order valence-corrected chi connectivity index (χ0v) is 12.4. The molecule has 3 nitrogen and oxygen atoms in total. The normalized spacial score (nSPS) is 12.4. The molecule has 1 aromatic heterocycles. The number of aliphatic hydroxyl groups excluding tert-OH is 1. The molecule has 102 valence electrons. The first kappa shape index (κ1) is 15.6. The molecule has 0 aliphatic carbocycles. The predicted molar refractivity (Wildman–Crippen MR) is 77.5 cm³/mol. The van der Waals surface area contributed by atoms with E-state index in [1.54, 1.807) is 11.8 Å². The molecule has 5 heteroatoms. The van der Waals surface area contributed by atoms with Gasteiger partial charge in [0.1, 0.15) is 5.15 Å². The Morgan fingerprint density at radius 1 is 1.44 bits per heavy atom.